The van der Waals surface area contributed by atoms with Gasteiger partial charge in [0, 0.05) is 0 Å². The molecule has 0 saturated carbocycles. The molecule has 14 heavy (non-hydrogen) atoms. The molecule has 4 nitrogen and oxygen atoms in total. The van der Waals surface area contributed by atoms with Crippen molar-refractivity contribution in [3.8, 4) is 0 Å². The highest BCUT2D eigenvalue weighted by Crippen LogP contribution is 2.29. The third-order valence-corrected chi connectivity index (χ3v) is 3.05. The maximum Gasteiger partial charge on any atom is 0.104 e. The van der Waals surface area contributed by atoms with E-state index in [0.29, 0.717) is 11.7 Å². The zero-order valence-corrected chi connectivity index (χ0v) is 7.67. The first-order valence-electron chi connectivity index (χ1n) is 4.78. The van der Waals surface area contributed by atoms with Gasteiger partial charge in [0.1, 0.15) is 11.7 Å². The molecule has 4 N–H and O–H groups in total. The van der Waals surface area contributed by atoms with Gasteiger partial charge in [-0.3, -0.25) is 9.98 Å². The van der Waals surface area contributed by atoms with Gasteiger partial charge in [0.2, 0.25) is 0 Å². The molecule has 6 rings (SSSR count). The van der Waals surface area contributed by atoms with Crippen LogP contribution in [-0.2, 0) is 0 Å². The van der Waals surface area contributed by atoms with Crippen LogP contribution in [0.2, 0.25) is 0 Å². The lowest BCUT2D eigenvalue weighted by Gasteiger charge is -2.34. The highest BCUT2D eigenvalue weighted by Gasteiger charge is 2.35. The van der Waals surface area contributed by atoms with Crippen molar-refractivity contribution in [1.29, 1.82) is 0 Å². The van der Waals surface area contributed by atoms with Gasteiger partial charge >= 0.3 is 0 Å². The Morgan fingerprint density at radius 3 is 1.57 bits per heavy atom. The number of nitrogens with two attached hydrogens (primary N) is 2. The monoisotopic (exact) mass is 188 g/mol. The number of hydrogen-bond acceptors (Lipinski definition) is 4. The van der Waals surface area contributed by atoms with Gasteiger partial charge in [-0.05, 0) is 0 Å². The molecule has 6 aliphatic rings. The molecular formula is C10H12N4. The number of dihydropyridines is 2. The van der Waals surface area contributed by atoms with Gasteiger partial charge in [-0.2, -0.15) is 0 Å². The predicted octanol–water partition coefficient (Wildman–Crippen LogP) is -0.176. The standard InChI is InChI=1S/C10H12N4/c11-9-5-1-3-7(13-9)6-2-4-8(5)14-10(6)12/h1-8H,(H2,11,13)(H2,12,14). The van der Waals surface area contributed by atoms with Crippen molar-refractivity contribution in [3.63, 3.8) is 0 Å². The average molecular weight is 188 g/mol. The topological polar surface area (TPSA) is 76.8 Å². The van der Waals surface area contributed by atoms with Crippen LogP contribution in [0.3, 0.4) is 0 Å². The summed E-state index contributed by atoms with van der Waals surface area (Å²) in [5.41, 5.74) is 11.8. The summed E-state index contributed by atoms with van der Waals surface area (Å²) in [6.45, 7) is 0. The quantitative estimate of drug-likeness (QED) is 0.517. The SMILES string of the molecule is NC1=NC2C=CC1C1C=CC2C(N)=N1. The Kier molecular flexibility index (Phi) is 1.37. The van der Waals surface area contributed by atoms with E-state index in [-0.39, 0.29) is 23.9 Å². The molecule has 4 bridgehead atoms. The van der Waals surface area contributed by atoms with Crippen molar-refractivity contribution in [2.24, 2.45) is 33.3 Å². The molecule has 0 aromatic carbocycles. The minimum absolute atomic E-state index is 0.0486. The van der Waals surface area contributed by atoms with Crippen molar-refractivity contribution in [1.82, 2.24) is 0 Å². The third kappa shape index (κ3) is 0.880. The Morgan fingerprint density at radius 2 is 1.21 bits per heavy atom. The van der Waals surface area contributed by atoms with Crippen LogP contribution in [0.1, 0.15) is 0 Å². The Hall–Kier alpha value is -1.58. The second kappa shape index (κ2) is 2.47. The van der Waals surface area contributed by atoms with Crippen molar-refractivity contribution < 1.29 is 0 Å². The summed E-state index contributed by atoms with van der Waals surface area (Å²) in [5.74, 6) is 1.57. The van der Waals surface area contributed by atoms with E-state index in [0.717, 1.165) is 0 Å². The molecule has 0 amide bonds. The fraction of sp³-hybridized carbons (Fsp3) is 0.400. The molecule has 5 aliphatic heterocycles. The molecule has 5 heterocycles. The number of nitrogens with zero attached hydrogens (tertiary/aromatic N) is 2. The van der Waals surface area contributed by atoms with Crippen LogP contribution in [0.15, 0.2) is 34.3 Å². The molecule has 1 aliphatic carbocycles. The van der Waals surface area contributed by atoms with Crippen LogP contribution in [0, 0.1) is 11.8 Å². The van der Waals surface area contributed by atoms with Crippen molar-refractivity contribution in [3.05, 3.63) is 24.3 Å². The van der Waals surface area contributed by atoms with E-state index >= 15 is 0 Å². The molecule has 0 aromatic rings. The van der Waals surface area contributed by atoms with E-state index in [9.17, 15) is 0 Å². The van der Waals surface area contributed by atoms with Crippen LogP contribution >= 0.6 is 0 Å². The van der Waals surface area contributed by atoms with Crippen LogP contribution < -0.4 is 11.5 Å². The minimum atomic E-state index is 0.0486. The predicted molar refractivity (Wildman–Crippen MR) is 56.1 cm³/mol. The van der Waals surface area contributed by atoms with Crippen LogP contribution in [0.25, 0.3) is 0 Å². The van der Waals surface area contributed by atoms with E-state index in [4.69, 9.17) is 11.5 Å². The highest BCUT2D eigenvalue weighted by molar-refractivity contribution is 5.93. The van der Waals surface area contributed by atoms with E-state index < -0.39 is 0 Å². The lowest BCUT2D eigenvalue weighted by molar-refractivity contribution is 0.590. The molecule has 0 saturated heterocycles. The van der Waals surface area contributed by atoms with E-state index in [1.54, 1.807) is 0 Å². The Balaban J connectivity index is 2.14. The fourth-order valence-corrected chi connectivity index (χ4v) is 2.24. The molecule has 0 spiro atoms. The average Bonchev–Trinajstić information content (AvgIpc) is 2.13. The summed E-state index contributed by atoms with van der Waals surface area (Å²) in [6.07, 6.45) is 8.38. The lowest BCUT2D eigenvalue weighted by atomic mass is 9.83. The summed E-state index contributed by atoms with van der Waals surface area (Å²) in [6, 6.07) is 0.0972. The fourth-order valence-electron chi connectivity index (χ4n) is 2.24. The molecule has 0 fully saturated rings. The summed E-state index contributed by atoms with van der Waals surface area (Å²) in [5, 5.41) is 0. The zero-order chi connectivity index (χ0) is 9.71. The molecule has 0 aromatic heterocycles. The number of amidine groups is 2. The van der Waals surface area contributed by atoms with E-state index in [2.05, 4.69) is 34.3 Å². The first-order valence-corrected chi connectivity index (χ1v) is 4.78. The second-order valence-electron chi connectivity index (χ2n) is 3.91. The van der Waals surface area contributed by atoms with Gasteiger partial charge in [-0.15, -0.1) is 0 Å². The van der Waals surface area contributed by atoms with Crippen LogP contribution in [0.5, 0.6) is 0 Å². The van der Waals surface area contributed by atoms with Gasteiger partial charge in [-0.25, -0.2) is 0 Å². The summed E-state index contributed by atoms with van der Waals surface area (Å²) < 4.78 is 0. The number of aliphatic imine (C=N–C) groups is 2. The highest BCUT2D eigenvalue weighted by atomic mass is 15.0. The first kappa shape index (κ1) is 7.79. The Labute approximate surface area is 82.1 Å². The van der Waals surface area contributed by atoms with E-state index in [1.165, 1.54) is 0 Å². The van der Waals surface area contributed by atoms with Crippen molar-refractivity contribution >= 4 is 11.7 Å². The summed E-state index contributed by atoms with van der Waals surface area (Å²) in [4.78, 5) is 8.87. The maximum absolute atomic E-state index is 5.88. The molecule has 4 heteroatoms. The lowest BCUT2D eigenvalue weighted by Crippen LogP contribution is -2.45. The maximum atomic E-state index is 5.88. The van der Waals surface area contributed by atoms with Gasteiger partial charge < -0.3 is 11.5 Å². The normalized spacial score (nSPS) is 43.1. The van der Waals surface area contributed by atoms with Crippen LogP contribution in [-0.4, -0.2) is 23.8 Å². The molecule has 4 atom stereocenters. The third-order valence-electron chi connectivity index (χ3n) is 3.05. The first-order chi connectivity index (χ1) is 6.75. The van der Waals surface area contributed by atoms with Gasteiger partial charge in [0.05, 0.1) is 23.9 Å². The van der Waals surface area contributed by atoms with Gasteiger partial charge in [0.25, 0.3) is 0 Å². The molecule has 0 radical (unpaired) electrons. The van der Waals surface area contributed by atoms with Gasteiger partial charge in [-0.1, -0.05) is 24.3 Å². The smallest absolute Gasteiger partial charge is 0.104 e. The summed E-state index contributed by atoms with van der Waals surface area (Å²) in [7, 11) is 0. The van der Waals surface area contributed by atoms with Crippen LogP contribution in [0.4, 0.5) is 0 Å². The van der Waals surface area contributed by atoms with Crippen molar-refractivity contribution in [2.75, 3.05) is 0 Å². The number of rotatable bonds is 0. The zero-order valence-electron chi connectivity index (χ0n) is 7.67. The summed E-state index contributed by atoms with van der Waals surface area (Å²) >= 11 is 0. The molecule has 72 valence electrons. The second-order valence-corrected chi connectivity index (χ2v) is 3.91. The van der Waals surface area contributed by atoms with Crippen molar-refractivity contribution in [2.45, 2.75) is 12.1 Å². The Bertz CT molecular complexity index is 353. The Morgan fingerprint density at radius 1 is 0.786 bits per heavy atom. The molecule has 4 unspecified atom stereocenters. The number of hydrogen-bond donors (Lipinski definition) is 2. The minimum Gasteiger partial charge on any atom is -0.387 e. The van der Waals surface area contributed by atoms with Gasteiger partial charge in [0.15, 0.2) is 0 Å². The largest absolute Gasteiger partial charge is 0.387 e. The van der Waals surface area contributed by atoms with E-state index in [1.807, 2.05) is 0 Å². The molecular weight excluding hydrogens is 176 g/mol.